The fourth-order valence-electron chi connectivity index (χ4n) is 3.12. The first kappa shape index (κ1) is 24.4. The molecule has 3 aromatic rings. The van der Waals surface area contributed by atoms with E-state index >= 15 is 0 Å². The van der Waals surface area contributed by atoms with E-state index in [1.54, 1.807) is 32.2 Å². The molecule has 0 radical (unpaired) electrons. The predicted molar refractivity (Wildman–Crippen MR) is 127 cm³/mol. The number of nitrogens with zero attached hydrogens (tertiary/aromatic N) is 1. The van der Waals surface area contributed by atoms with E-state index in [9.17, 15) is 14.4 Å². The van der Waals surface area contributed by atoms with Crippen molar-refractivity contribution in [2.45, 2.75) is 59.6 Å². The monoisotopic (exact) mass is 472 g/mol. The second-order valence-corrected chi connectivity index (χ2v) is 9.88. The van der Waals surface area contributed by atoms with Gasteiger partial charge in [0.1, 0.15) is 29.2 Å². The summed E-state index contributed by atoms with van der Waals surface area (Å²) < 4.78 is 16.4. The van der Waals surface area contributed by atoms with E-state index < -0.39 is 23.7 Å². The molecule has 0 saturated carbocycles. The minimum absolute atomic E-state index is 0.187. The molecule has 1 amide bonds. The molecule has 9 heteroatoms. The van der Waals surface area contributed by atoms with Crippen molar-refractivity contribution in [2.24, 2.45) is 5.92 Å². The summed E-state index contributed by atoms with van der Waals surface area (Å²) in [4.78, 5) is 42.3. The van der Waals surface area contributed by atoms with E-state index in [2.05, 4.69) is 10.3 Å². The first-order chi connectivity index (χ1) is 15.5. The van der Waals surface area contributed by atoms with Crippen LogP contribution in [0.2, 0.25) is 0 Å². The van der Waals surface area contributed by atoms with E-state index in [1.165, 1.54) is 29.7 Å². The molecular weight excluding hydrogens is 444 g/mol. The number of rotatable bonds is 6. The van der Waals surface area contributed by atoms with Gasteiger partial charge in [-0.2, -0.15) is 0 Å². The first-order valence-corrected chi connectivity index (χ1v) is 11.6. The number of fused-ring (bicyclic) bond motifs is 1. The Labute approximate surface area is 195 Å². The maximum absolute atomic E-state index is 12.9. The molecule has 1 N–H and O–H groups in total. The van der Waals surface area contributed by atoms with Gasteiger partial charge in [0.05, 0.1) is 21.7 Å². The summed E-state index contributed by atoms with van der Waals surface area (Å²) in [5.41, 5.74) is 0.299. The fraction of sp³-hybridized carbons (Fsp3) is 0.417. The maximum atomic E-state index is 12.9. The summed E-state index contributed by atoms with van der Waals surface area (Å²) in [5.74, 6) is -0.619. The third-order valence-electron chi connectivity index (χ3n) is 5.00. The number of amides is 1. The molecule has 2 atom stereocenters. The van der Waals surface area contributed by atoms with Gasteiger partial charge >= 0.3 is 12.1 Å². The van der Waals surface area contributed by atoms with Crippen LogP contribution in [-0.4, -0.2) is 28.7 Å². The van der Waals surface area contributed by atoms with Crippen LogP contribution in [-0.2, 0) is 9.53 Å². The number of ether oxygens (including phenoxy) is 2. The molecule has 1 aromatic carbocycles. The zero-order valence-electron chi connectivity index (χ0n) is 19.6. The highest BCUT2D eigenvalue weighted by atomic mass is 32.1. The highest BCUT2D eigenvalue weighted by molar-refractivity contribution is 7.09. The minimum Gasteiger partial charge on any atom is -0.463 e. The van der Waals surface area contributed by atoms with Crippen LogP contribution in [0.4, 0.5) is 4.79 Å². The highest BCUT2D eigenvalue weighted by Crippen LogP contribution is 2.25. The van der Waals surface area contributed by atoms with E-state index in [-0.39, 0.29) is 22.7 Å². The summed E-state index contributed by atoms with van der Waals surface area (Å²) >= 11 is 1.45. The quantitative estimate of drug-likeness (QED) is 0.394. The van der Waals surface area contributed by atoms with Crippen LogP contribution >= 0.6 is 11.3 Å². The molecule has 1 unspecified atom stereocenters. The van der Waals surface area contributed by atoms with Gasteiger partial charge in [-0.15, -0.1) is 11.3 Å². The third-order valence-corrected chi connectivity index (χ3v) is 5.77. The van der Waals surface area contributed by atoms with Gasteiger partial charge in [0.25, 0.3) is 0 Å². The smallest absolute Gasteiger partial charge is 0.408 e. The summed E-state index contributed by atoms with van der Waals surface area (Å²) in [6, 6.07) is 3.65. The maximum Gasteiger partial charge on any atom is 0.408 e. The van der Waals surface area contributed by atoms with Gasteiger partial charge in [0.2, 0.25) is 5.43 Å². The molecule has 33 heavy (non-hydrogen) atoms. The largest absolute Gasteiger partial charge is 0.463 e. The van der Waals surface area contributed by atoms with E-state index in [0.717, 1.165) is 5.01 Å². The van der Waals surface area contributed by atoms with Crippen LogP contribution in [0, 0.1) is 12.8 Å². The summed E-state index contributed by atoms with van der Waals surface area (Å²) in [6.07, 6.45) is 1.30. The Morgan fingerprint density at radius 3 is 2.61 bits per heavy atom. The zero-order chi connectivity index (χ0) is 24.3. The average molecular weight is 473 g/mol. The SMILES string of the molecule is CCC(C)[C@@H](NC(=O)OC(C)(C)C)C(=O)Oc1ccc2c(=O)c(-c3csc(C)n3)coc2c1. The summed E-state index contributed by atoms with van der Waals surface area (Å²) in [6.45, 7) is 10.8. The summed E-state index contributed by atoms with van der Waals surface area (Å²) in [5, 5.41) is 5.60. The number of alkyl carbamates (subject to hydrolysis) is 1. The summed E-state index contributed by atoms with van der Waals surface area (Å²) in [7, 11) is 0. The van der Waals surface area contributed by atoms with Crippen molar-refractivity contribution in [3.8, 4) is 17.0 Å². The lowest BCUT2D eigenvalue weighted by molar-refractivity contribution is -0.138. The van der Waals surface area contributed by atoms with Crippen molar-refractivity contribution in [3.63, 3.8) is 0 Å². The molecule has 0 fully saturated rings. The minimum atomic E-state index is -0.900. The van der Waals surface area contributed by atoms with Crippen molar-refractivity contribution in [3.05, 3.63) is 45.1 Å². The lowest BCUT2D eigenvalue weighted by Crippen LogP contribution is -2.48. The second kappa shape index (κ2) is 9.74. The van der Waals surface area contributed by atoms with Crippen molar-refractivity contribution in [2.75, 3.05) is 0 Å². The van der Waals surface area contributed by atoms with Crippen LogP contribution in [0.1, 0.15) is 46.0 Å². The van der Waals surface area contributed by atoms with Crippen molar-refractivity contribution < 1.29 is 23.5 Å². The van der Waals surface area contributed by atoms with Gasteiger partial charge < -0.3 is 19.2 Å². The van der Waals surface area contributed by atoms with Gasteiger partial charge in [-0.1, -0.05) is 20.3 Å². The number of carbonyl (C=O) groups excluding carboxylic acids is 2. The molecule has 0 aliphatic heterocycles. The number of aromatic nitrogens is 1. The molecule has 2 heterocycles. The lowest BCUT2D eigenvalue weighted by atomic mass is 9.99. The molecule has 2 aromatic heterocycles. The lowest BCUT2D eigenvalue weighted by Gasteiger charge is -2.25. The standard InChI is InChI=1S/C24H28N2O6S/c1-7-13(2)20(26-23(29)32-24(4,5)6)22(28)31-15-8-9-16-19(10-15)30-11-17(21(16)27)18-12-33-14(3)25-18/h8-13,20H,7H2,1-6H3,(H,26,29)/t13?,20-/m1/s1. The van der Waals surface area contributed by atoms with Crippen LogP contribution in [0.15, 0.2) is 39.1 Å². The molecule has 176 valence electrons. The predicted octanol–water partition coefficient (Wildman–Crippen LogP) is 5.07. The van der Waals surface area contributed by atoms with Crippen LogP contribution < -0.4 is 15.5 Å². The molecular formula is C24H28N2O6S. The molecule has 0 bridgehead atoms. The van der Waals surface area contributed by atoms with Crippen molar-refractivity contribution in [1.29, 1.82) is 0 Å². The molecule has 0 aliphatic carbocycles. The number of thiazole rings is 1. The number of benzene rings is 1. The topological polar surface area (TPSA) is 108 Å². The Hall–Kier alpha value is -3.20. The number of hydrogen-bond donors (Lipinski definition) is 1. The van der Waals surface area contributed by atoms with Crippen molar-refractivity contribution >= 4 is 34.4 Å². The second-order valence-electron chi connectivity index (χ2n) is 8.82. The van der Waals surface area contributed by atoms with Crippen LogP contribution in [0.5, 0.6) is 5.75 Å². The van der Waals surface area contributed by atoms with Crippen molar-refractivity contribution in [1.82, 2.24) is 10.3 Å². The highest BCUT2D eigenvalue weighted by Gasteiger charge is 2.30. The normalized spacial score (nSPS) is 13.4. The Morgan fingerprint density at radius 1 is 1.27 bits per heavy atom. The molecule has 8 nitrogen and oxygen atoms in total. The van der Waals surface area contributed by atoms with Crippen LogP contribution in [0.3, 0.4) is 0 Å². The average Bonchev–Trinajstić information content (AvgIpc) is 3.16. The zero-order valence-corrected chi connectivity index (χ0v) is 20.4. The van der Waals surface area contributed by atoms with Gasteiger partial charge in [-0.3, -0.25) is 4.79 Å². The van der Waals surface area contributed by atoms with Crippen LogP contribution in [0.25, 0.3) is 22.2 Å². The first-order valence-electron chi connectivity index (χ1n) is 10.7. The van der Waals surface area contributed by atoms with Gasteiger partial charge in [-0.05, 0) is 45.7 Å². The number of aryl methyl sites for hydroxylation is 1. The van der Waals surface area contributed by atoms with E-state index in [4.69, 9.17) is 13.9 Å². The number of esters is 1. The van der Waals surface area contributed by atoms with E-state index in [0.29, 0.717) is 23.1 Å². The Balaban J connectivity index is 1.82. The molecule has 0 saturated heterocycles. The van der Waals surface area contributed by atoms with Gasteiger partial charge in [-0.25, -0.2) is 14.6 Å². The van der Waals surface area contributed by atoms with E-state index in [1.807, 2.05) is 20.8 Å². The third kappa shape index (κ3) is 5.98. The molecule has 3 rings (SSSR count). The number of carbonyl (C=O) groups is 2. The Kier molecular flexibility index (Phi) is 7.22. The van der Waals surface area contributed by atoms with Gasteiger partial charge in [0.15, 0.2) is 0 Å². The van der Waals surface area contributed by atoms with Gasteiger partial charge in [0, 0.05) is 11.4 Å². The Bertz CT molecular complexity index is 1220. The Morgan fingerprint density at radius 2 is 2.00 bits per heavy atom. The fourth-order valence-corrected chi connectivity index (χ4v) is 3.73. The number of hydrogen-bond acceptors (Lipinski definition) is 8. The number of nitrogens with one attached hydrogen (secondary N) is 1. The molecule has 0 aliphatic rings. The molecule has 0 spiro atoms.